The summed E-state index contributed by atoms with van der Waals surface area (Å²) >= 11 is 0. The van der Waals surface area contributed by atoms with Crippen LogP contribution in [0.5, 0.6) is 0 Å². The van der Waals surface area contributed by atoms with Gasteiger partial charge in [-0.1, -0.05) is 0 Å². The molecule has 1 aliphatic rings. The molecule has 1 aliphatic heterocycles. The van der Waals surface area contributed by atoms with Crippen molar-refractivity contribution >= 4 is 20.0 Å². The lowest BCUT2D eigenvalue weighted by Gasteiger charge is -2.55. The molecule has 0 aromatic rings. The summed E-state index contributed by atoms with van der Waals surface area (Å²) in [5.74, 6) is 0. The van der Waals surface area contributed by atoms with Gasteiger partial charge in [0.15, 0.2) is 0 Å². The van der Waals surface area contributed by atoms with E-state index in [-0.39, 0.29) is 0 Å². The Bertz CT molecular complexity index is 814. The lowest BCUT2D eigenvalue weighted by molar-refractivity contribution is -0.368. The third-order valence-corrected chi connectivity index (χ3v) is 9.71. The lowest BCUT2D eigenvalue weighted by Crippen LogP contribution is -2.81. The Labute approximate surface area is 170 Å². The highest BCUT2D eigenvalue weighted by molar-refractivity contribution is 7.91. The standard InChI is InChI=1S/C14H24F6N2O6S2/c1-9(2,3)29(25,26)21-7-12(24,14(18,19)20)22(30(27,28)10(4,5)6)8-11(21,23)13(15,16)17/h23-24H,7-8H2,1-6H3/t11-,12-/m0/s1. The van der Waals surface area contributed by atoms with Crippen LogP contribution in [0.15, 0.2) is 0 Å². The van der Waals surface area contributed by atoms with E-state index in [4.69, 9.17) is 0 Å². The average molecular weight is 494 g/mol. The molecule has 0 aliphatic carbocycles. The second-order valence-electron chi connectivity index (χ2n) is 8.88. The molecule has 2 N–H and O–H groups in total. The quantitative estimate of drug-likeness (QED) is 0.561. The van der Waals surface area contributed by atoms with Crippen LogP contribution in [0.4, 0.5) is 26.3 Å². The molecule has 16 heteroatoms. The summed E-state index contributed by atoms with van der Waals surface area (Å²) in [6.07, 6.45) is -11.8. The molecule has 30 heavy (non-hydrogen) atoms. The van der Waals surface area contributed by atoms with E-state index in [0.717, 1.165) is 41.5 Å². The zero-order valence-corrected chi connectivity index (χ0v) is 18.6. The fraction of sp³-hybridized carbons (Fsp3) is 1.00. The topological polar surface area (TPSA) is 115 Å². The third kappa shape index (κ3) is 3.94. The maximum absolute atomic E-state index is 13.8. The number of aliphatic hydroxyl groups is 2. The Morgan fingerprint density at radius 3 is 0.967 bits per heavy atom. The lowest BCUT2D eigenvalue weighted by atomic mass is 10.0. The minimum absolute atomic E-state index is 0.865. The van der Waals surface area contributed by atoms with Crippen LogP contribution in [0.3, 0.4) is 0 Å². The molecule has 8 nitrogen and oxygen atoms in total. The van der Waals surface area contributed by atoms with Crippen molar-refractivity contribution in [1.29, 1.82) is 0 Å². The van der Waals surface area contributed by atoms with Gasteiger partial charge in [0.05, 0.1) is 22.6 Å². The minimum Gasteiger partial charge on any atom is -0.366 e. The van der Waals surface area contributed by atoms with Crippen LogP contribution < -0.4 is 0 Å². The molecule has 0 aromatic carbocycles. The van der Waals surface area contributed by atoms with Crippen molar-refractivity contribution < 1.29 is 53.4 Å². The summed E-state index contributed by atoms with van der Waals surface area (Å²) < 4.78 is 127. The van der Waals surface area contributed by atoms with Crippen LogP contribution in [0.25, 0.3) is 0 Å². The molecular formula is C14H24F6N2O6S2. The molecular weight excluding hydrogens is 470 g/mol. The van der Waals surface area contributed by atoms with Crippen molar-refractivity contribution in [3.05, 3.63) is 0 Å². The van der Waals surface area contributed by atoms with E-state index in [2.05, 4.69) is 0 Å². The first-order chi connectivity index (χ1) is 12.7. The molecule has 0 unspecified atom stereocenters. The van der Waals surface area contributed by atoms with Crippen molar-refractivity contribution in [2.75, 3.05) is 13.1 Å². The van der Waals surface area contributed by atoms with E-state index >= 15 is 0 Å². The van der Waals surface area contributed by atoms with Gasteiger partial charge in [0.1, 0.15) is 0 Å². The molecule has 0 aromatic heterocycles. The number of β-amino-alcohol motifs (C(OH)–C–C–N with tert-alkyl or cyclic N) is 2. The van der Waals surface area contributed by atoms with E-state index in [9.17, 15) is 53.4 Å². The molecule has 180 valence electrons. The molecule has 1 fully saturated rings. The van der Waals surface area contributed by atoms with Gasteiger partial charge in [-0.2, -0.15) is 35.0 Å². The molecule has 0 spiro atoms. The largest absolute Gasteiger partial charge is 0.433 e. The van der Waals surface area contributed by atoms with Crippen molar-refractivity contribution in [2.24, 2.45) is 0 Å². The minimum atomic E-state index is -5.91. The SMILES string of the molecule is CC(C)(C)S(=O)(=O)N1C[C@](O)(C(F)(F)F)N(S(=O)(=O)C(C)(C)C)C[C@]1(O)C(F)(F)F. The molecule has 1 rings (SSSR count). The summed E-state index contributed by atoms with van der Waals surface area (Å²) in [7, 11) is -10.7. The number of hydrogen-bond acceptors (Lipinski definition) is 6. The van der Waals surface area contributed by atoms with Gasteiger partial charge in [-0.05, 0) is 41.5 Å². The van der Waals surface area contributed by atoms with Crippen LogP contribution in [0.1, 0.15) is 41.5 Å². The Balaban J connectivity index is 4.01. The molecule has 0 radical (unpaired) electrons. The second kappa shape index (κ2) is 6.91. The molecule has 1 heterocycles. The highest BCUT2D eigenvalue weighted by atomic mass is 32.2. The number of hydrogen-bond donors (Lipinski definition) is 2. The molecule has 0 amide bonds. The van der Waals surface area contributed by atoms with Crippen molar-refractivity contribution in [3.63, 3.8) is 0 Å². The van der Waals surface area contributed by atoms with Gasteiger partial charge >= 0.3 is 12.4 Å². The number of nitrogens with zero attached hydrogens (tertiary/aromatic N) is 2. The van der Waals surface area contributed by atoms with E-state index in [1.165, 1.54) is 0 Å². The fourth-order valence-corrected chi connectivity index (χ4v) is 5.65. The van der Waals surface area contributed by atoms with Crippen LogP contribution in [-0.4, -0.2) is 82.0 Å². The van der Waals surface area contributed by atoms with Gasteiger partial charge < -0.3 is 10.2 Å². The number of alkyl halides is 6. The monoisotopic (exact) mass is 494 g/mol. The van der Waals surface area contributed by atoms with Gasteiger partial charge in [0.25, 0.3) is 0 Å². The van der Waals surface area contributed by atoms with E-state index in [1.807, 2.05) is 0 Å². The smallest absolute Gasteiger partial charge is 0.366 e. The van der Waals surface area contributed by atoms with Crippen LogP contribution >= 0.6 is 0 Å². The predicted octanol–water partition coefficient (Wildman–Crippen LogP) is 1.36. The maximum atomic E-state index is 13.8. The van der Waals surface area contributed by atoms with Gasteiger partial charge in [-0.3, -0.25) is 0 Å². The number of rotatable bonds is 2. The van der Waals surface area contributed by atoms with Gasteiger partial charge in [-0.25, -0.2) is 16.8 Å². The summed E-state index contributed by atoms with van der Waals surface area (Å²) in [5.41, 5.74) is -9.15. The first-order valence-electron chi connectivity index (χ1n) is 8.31. The Kier molecular flexibility index (Phi) is 6.30. The van der Waals surface area contributed by atoms with E-state index in [0.29, 0.717) is 0 Å². The van der Waals surface area contributed by atoms with Crippen LogP contribution in [0, 0.1) is 0 Å². The van der Waals surface area contributed by atoms with Crippen LogP contribution in [-0.2, 0) is 20.0 Å². The van der Waals surface area contributed by atoms with E-state index in [1.54, 1.807) is 0 Å². The second-order valence-corrected chi connectivity index (χ2v) is 14.1. The first-order valence-corrected chi connectivity index (χ1v) is 11.2. The summed E-state index contributed by atoms with van der Waals surface area (Å²) in [6.45, 7) is 0.332. The normalized spacial score (nSPS) is 29.3. The zero-order valence-electron chi connectivity index (χ0n) is 16.9. The zero-order chi connectivity index (χ0) is 24.6. The summed E-state index contributed by atoms with van der Waals surface area (Å²) in [6, 6.07) is 0. The fourth-order valence-electron chi connectivity index (χ4n) is 2.51. The van der Waals surface area contributed by atoms with Crippen LogP contribution in [0.2, 0.25) is 0 Å². The average Bonchev–Trinajstić information content (AvgIpc) is 2.44. The van der Waals surface area contributed by atoms with Gasteiger partial charge in [-0.15, -0.1) is 0 Å². The first kappa shape index (κ1) is 27.4. The summed E-state index contributed by atoms with van der Waals surface area (Å²) in [5, 5.41) is 20.6. The number of piperazine rings is 1. The van der Waals surface area contributed by atoms with Gasteiger partial charge in [0.2, 0.25) is 31.5 Å². The van der Waals surface area contributed by atoms with Crippen molar-refractivity contribution in [3.8, 4) is 0 Å². The molecule has 1 saturated heterocycles. The predicted molar refractivity (Wildman–Crippen MR) is 92.8 cm³/mol. The Morgan fingerprint density at radius 2 is 0.833 bits per heavy atom. The maximum Gasteiger partial charge on any atom is 0.433 e. The Hall–Kier alpha value is -0.680. The Morgan fingerprint density at radius 1 is 0.633 bits per heavy atom. The highest BCUT2D eigenvalue weighted by Gasteiger charge is 2.75. The van der Waals surface area contributed by atoms with Crippen molar-refractivity contribution in [1.82, 2.24) is 8.61 Å². The van der Waals surface area contributed by atoms with Crippen molar-refractivity contribution in [2.45, 2.75) is 74.8 Å². The summed E-state index contributed by atoms with van der Waals surface area (Å²) in [4.78, 5) is 0. The molecule has 0 saturated carbocycles. The molecule has 0 bridgehead atoms. The van der Waals surface area contributed by atoms with E-state index < -0.39 is 75.0 Å². The number of sulfonamides is 2. The molecule has 2 atom stereocenters. The third-order valence-electron chi connectivity index (χ3n) is 4.59. The van der Waals surface area contributed by atoms with Gasteiger partial charge in [0, 0.05) is 0 Å². The number of halogens is 6. The highest BCUT2D eigenvalue weighted by Crippen LogP contribution is 2.49.